The molecule has 1 amide bonds. The topological polar surface area (TPSA) is 65.5 Å². The Morgan fingerprint density at radius 2 is 2.10 bits per heavy atom. The van der Waals surface area contributed by atoms with E-state index >= 15 is 0 Å². The number of aliphatic hydroxyl groups excluding tert-OH is 1. The van der Waals surface area contributed by atoms with Crippen molar-refractivity contribution in [1.29, 1.82) is 0 Å². The van der Waals surface area contributed by atoms with E-state index in [0.29, 0.717) is 24.0 Å². The summed E-state index contributed by atoms with van der Waals surface area (Å²) in [6, 6.07) is 4.92. The van der Waals surface area contributed by atoms with E-state index in [4.69, 9.17) is 0 Å². The second-order valence-electron chi connectivity index (χ2n) is 7.86. The van der Waals surface area contributed by atoms with Gasteiger partial charge in [-0.3, -0.25) is 4.79 Å². The van der Waals surface area contributed by atoms with Gasteiger partial charge in [0.1, 0.15) is 10.8 Å². The summed E-state index contributed by atoms with van der Waals surface area (Å²) in [7, 11) is 3.98. The second-order valence-corrected chi connectivity index (χ2v) is 8.98. The summed E-state index contributed by atoms with van der Waals surface area (Å²) in [6.45, 7) is 4.34. The van der Waals surface area contributed by atoms with Crippen LogP contribution in [0.2, 0.25) is 0 Å². The van der Waals surface area contributed by atoms with Gasteiger partial charge < -0.3 is 15.3 Å². The maximum atomic E-state index is 13.9. The average molecular weight is 430 g/mol. The number of rotatable bonds is 8. The van der Waals surface area contributed by atoms with Gasteiger partial charge in [-0.15, -0.1) is 11.3 Å². The Balaban J connectivity index is 1.70. The van der Waals surface area contributed by atoms with Crippen LogP contribution in [-0.2, 0) is 11.4 Å². The Hall–Kier alpha value is -2.35. The third kappa shape index (κ3) is 5.22. The standard InChI is InChI=1S/C23H28FN3O2S/c1-14-5-6-17(12-19(14)24)16-7-8-18(11-16)22(29)26-20(9-10-27(3)4)23-25-15(2)21(13-28)30-23/h5-8,12,20,28H,9-11,13H2,1-4H3,(H,26,29). The van der Waals surface area contributed by atoms with Gasteiger partial charge in [0.2, 0.25) is 5.91 Å². The number of aromatic nitrogens is 1. The fraction of sp³-hybridized carbons (Fsp3) is 0.391. The number of nitrogens with one attached hydrogen (secondary N) is 1. The van der Waals surface area contributed by atoms with Crippen molar-refractivity contribution in [3.63, 3.8) is 0 Å². The number of benzene rings is 1. The molecule has 1 heterocycles. The fourth-order valence-corrected chi connectivity index (χ4v) is 4.32. The molecule has 1 aromatic heterocycles. The number of hydrogen-bond donors (Lipinski definition) is 2. The number of aliphatic hydroxyl groups is 1. The molecule has 5 nitrogen and oxygen atoms in total. The molecule has 0 bridgehead atoms. The van der Waals surface area contributed by atoms with Crippen LogP contribution in [0.3, 0.4) is 0 Å². The van der Waals surface area contributed by atoms with E-state index in [0.717, 1.165) is 33.3 Å². The molecule has 3 rings (SSSR count). The number of thiazole rings is 1. The van der Waals surface area contributed by atoms with Crippen LogP contribution in [-0.4, -0.2) is 41.5 Å². The van der Waals surface area contributed by atoms with E-state index in [-0.39, 0.29) is 24.4 Å². The zero-order valence-corrected chi connectivity index (χ0v) is 18.6. The lowest BCUT2D eigenvalue weighted by atomic mass is 10.0. The lowest BCUT2D eigenvalue weighted by Crippen LogP contribution is -2.31. The van der Waals surface area contributed by atoms with E-state index in [1.807, 2.05) is 33.2 Å². The van der Waals surface area contributed by atoms with Gasteiger partial charge in [-0.1, -0.05) is 24.3 Å². The molecule has 160 valence electrons. The number of carbonyl (C=O) groups is 1. The first kappa shape index (κ1) is 22.3. The molecule has 7 heteroatoms. The third-order valence-electron chi connectivity index (χ3n) is 5.22. The smallest absolute Gasteiger partial charge is 0.248 e. The van der Waals surface area contributed by atoms with E-state index < -0.39 is 0 Å². The molecule has 0 radical (unpaired) electrons. The van der Waals surface area contributed by atoms with Gasteiger partial charge in [-0.2, -0.15) is 0 Å². The number of allylic oxidation sites excluding steroid dienone is 3. The van der Waals surface area contributed by atoms with E-state index in [1.165, 1.54) is 17.4 Å². The van der Waals surface area contributed by atoms with Crippen molar-refractivity contribution in [2.75, 3.05) is 20.6 Å². The highest BCUT2D eigenvalue weighted by atomic mass is 32.1. The van der Waals surface area contributed by atoms with Crippen LogP contribution in [0.25, 0.3) is 5.57 Å². The number of carbonyl (C=O) groups excluding carboxylic acids is 1. The van der Waals surface area contributed by atoms with Gasteiger partial charge in [0.05, 0.1) is 23.2 Å². The Morgan fingerprint density at radius 1 is 1.33 bits per heavy atom. The molecule has 0 aliphatic heterocycles. The fourth-order valence-electron chi connectivity index (χ4n) is 3.31. The normalized spacial score (nSPS) is 14.6. The van der Waals surface area contributed by atoms with Gasteiger partial charge in [-0.05, 0) is 63.7 Å². The lowest BCUT2D eigenvalue weighted by Gasteiger charge is -2.19. The predicted molar refractivity (Wildman–Crippen MR) is 119 cm³/mol. The van der Waals surface area contributed by atoms with E-state index in [2.05, 4.69) is 15.2 Å². The van der Waals surface area contributed by atoms with Crippen LogP contribution < -0.4 is 5.32 Å². The molecule has 1 aliphatic rings. The summed E-state index contributed by atoms with van der Waals surface area (Å²) in [5, 5.41) is 13.4. The summed E-state index contributed by atoms with van der Waals surface area (Å²) in [5.74, 6) is -0.384. The van der Waals surface area contributed by atoms with Crippen LogP contribution in [0.1, 0.15) is 45.6 Å². The molecule has 0 saturated carbocycles. The van der Waals surface area contributed by atoms with Gasteiger partial charge in [0, 0.05) is 12.0 Å². The highest BCUT2D eigenvalue weighted by Crippen LogP contribution is 2.31. The van der Waals surface area contributed by atoms with E-state index in [1.54, 1.807) is 19.1 Å². The van der Waals surface area contributed by atoms with Crippen molar-refractivity contribution in [2.24, 2.45) is 0 Å². The Bertz CT molecular complexity index is 994. The van der Waals surface area contributed by atoms with Crippen LogP contribution in [0.15, 0.2) is 35.9 Å². The largest absolute Gasteiger partial charge is 0.391 e. The summed E-state index contributed by atoms with van der Waals surface area (Å²) in [4.78, 5) is 20.4. The number of hydrogen-bond acceptors (Lipinski definition) is 5. The molecule has 0 fully saturated rings. The number of aryl methyl sites for hydroxylation is 2. The highest BCUT2D eigenvalue weighted by Gasteiger charge is 2.23. The molecular formula is C23H28FN3O2S. The minimum atomic E-state index is -0.242. The maximum Gasteiger partial charge on any atom is 0.248 e. The first-order valence-electron chi connectivity index (χ1n) is 9.97. The SMILES string of the molecule is Cc1ccc(C2=CC=C(C(=O)NC(CCN(C)C)c3nc(C)c(CO)s3)C2)cc1F. The molecule has 1 aromatic carbocycles. The predicted octanol–water partition coefficient (Wildman–Crippen LogP) is 3.91. The molecule has 30 heavy (non-hydrogen) atoms. The monoisotopic (exact) mass is 429 g/mol. The molecule has 2 N–H and O–H groups in total. The van der Waals surface area contributed by atoms with Crippen molar-refractivity contribution in [2.45, 2.75) is 39.3 Å². The Labute approximate surface area is 181 Å². The Kier molecular flexibility index (Phi) is 7.18. The zero-order chi connectivity index (χ0) is 21.8. The highest BCUT2D eigenvalue weighted by molar-refractivity contribution is 7.11. The van der Waals surface area contributed by atoms with Gasteiger partial charge in [0.25, 0.3) is 0 Å². The van der Waals surface area contributed by atoms with Crippen molar-refractivity contribution >= 4 is 22.8 Å². The summed E-state index contributed by atoms with van der Waals surface area (Å²) < 4.78 is 13.9. The Morgan fingerprint density at radius 3 is 2.73 bits per heavy atom. The first-order chi connectivity index (χ1) is 14.3. The summed E-state index contributed by atoms with van der Waals surface area (Å²) >= 11 is 1.44. The zero-order valence-electron chi connectivity index (χ0n) is 17.8. The van der Waals surface area contributed by atoms with Gasteiger partial charge in [-0.25, -0.2) is 9.37 Å². The average Bonchev–Trinajstić information content (AvgIpc) is 3.34. The molecule has 0 saturated heterocycles. The van der Waals surface area contributed by atoms with Crippen LogP contribution in [0.5, 0.6) is 0 Å². The van der Waals surface area contributed by atoms with Crippen molar-refractivity contribution in [1.82, 2.24) is 15.2 Å². The molecule has 1 aliphatic carbocycles. The second kappa shape index (κ2) is 9.64. The molecule has 1 unspecified atom stereocenters. The quantitative estimate of drug-likeness (QED) is 0.668. The number of nitrogens with zero attached hydrogens (tertiary/aromatic N) is 2. The summed E-state index contributed by atoms with van der Waals surface area (Å²) in [6.07, 6.45) is 4.86. The number of amides is 1. The van der Waals surface area contributed by atoms with Crippen LogP contribution >= 0.6 is 11.3 Å². The minimum Gasteiger partial charge on any atom is -0.391 e. The molecular weight excluding hydrogens is 401 g/mol. The molecule has 2 aromatic rings. The van der Waals surface area contributed by atoms with Gasteiger partial charge in [0.15, 0.2) is 0 Å². The first-order valence-corrected chi connectivity index (χ1v) is 10.8. The molecule has 0 spiro atoms. The summed E-state index contributed by atoms with van der Waals surface area (Å²) in [5.41, 5.74) is 3.78. The maximum absolute atomic E-state index is 13.9. The molecule has 1 atom stereocenters. The van der Waals surface area contributed by atoms with Gasteiger partial charge >= 0.3 is 0 Å². The van der Waals surface area contributed by atoms with Crippen molar-refractivity contribution < 1.29 is 14.3 Å². The van der Waals surface area contributed by atoms with Crippen molar-refractivity contribution in [3.05, 3.63) is 68.4 Å². The van der Waals surface area contributed by atoms with E-state index in [9.17, 15) is 14.3 Å². The lowest BCUT2D eigenvalue weighted by molar-refractivity contribution is -0.118. The number of halogens is 1. The van der Waals surface area contributed by atoms with Crippen LogP contribution in [0, 0.1) is 19.7 Å². The van der Waals surface area contributed by atoms with Crippen LogP contribution in [0.4, 0.5) is 4.39 Å². The minimum absolute atomic E-state index is 0.0522. The third-order valence-corrected chi connectivity index (χ3v) is 6.48. The van der Waals surface area contributed by atoms with Crippen molar-refractivity contribution in [3.8, 4) is 0 Å².